The predicted molar refractivity (Wildman–Crippen MR) is 115 cm³/mol. The Morgan fingerprint density at radius 2 is 1.81 bits per heavy atom. The Bertz CT molecular complexity index is 1170. The van der Waals surface area contributed by atoms with Gasteiger partial charge in [-0.3, -0.25) is 0 Å². The molecule has 2 aromatic carbocycles. The molecule has 10 heteroatoms. The molecule has 1 atom stereocenters. The summed E-state index contributed by atoms with van der Waals surface area (Å²) in [6.07, 6.45) is -0.582. The molecule has 168 valence electrons. The zero-order valence-electron chi connectivity index (χ0n) is 17.5. The van der Waals surface area contributed by atoms with Gasteiger partial charge in [0.25, 0.3) is 0 Å². The first-order chi connectivity index (χ1) is 14.4. The average Bonchev–Trinajstić information content (AvgIpc) is 2.96. The second kappa shape index (κ2) is 8.51. The van der Waals surface area contributed by atoms with Crippen LogP contribution in [0.3, 0.4) is 0 Å². The van der Waals surface area contributed by atoms with Crippen LogP contribution >= 0.6 is 0 Å². The fourth-order valence-electron chi connectivity index (χ4n) is 3.19. The third-order valence-electron chi connectivity index (χ3n) is 4.52. The monoisotopic (exact) mass is 467 g/mol. The fraction of sp³-hybridized carbons (Fsp3) is 0.381. The van der Waals surface area contributed by atoms with Gasteiger partial charge in [-0.05, 0) is 50.6 Å². The Hall–Kier alpha value is -2.59. The first-order valence-electron chi connectivity index (χ1n) is 9.65. The molecular formula is C21H25NO7S2. The van der Waals surface area contributed by atoms with Gasteiger partial charge in [0, 0.05) is 0 Å². The molecule has 0 bridgehead atoms. The highest BCUT2D eigenvalue weighted by atomic mass is 32.2. The number of amides is 1. The fourth-order valence-corrected chi connectivity index (χ4v) is 7.54. The number of ether oxygens (including phenoxy) is 2. The van der Waals surface area contributed by atoms with Crippen LogP contribution in [-0.4, -0.2) is 47.4 Å². The summed E-state index contributed by atoms with van der Waals surface area (Å²) in [5.74, 6) is -0.241. The highest BCUT2D eigenvalue weighted by Crippen LogP contribution is 2.42. The SMILES string of the molecule is CC(C)(C)OC(=O)NCCOc1ccc2c(c1)S(=O)(=O)CC2S(=O)(=O)c1ccccc1. The van der Waals surface area contributed by atoms with Crippen molar-refractivity contribution < 1.29 is 31.1 Å². The molecule has 0 saturated heterocycles. The maximum atomic E-state index is 13.0. The van der Waals surface area contributed by atoms with Gasteiger partial charge in [0.1, 0.15) is 23.2 Å². The maximum absolute atomic E-state index is 13.0. The van der Waals surface area contributed by atoms with Crippen LogP contribution in [0.2, 0.25) is 0 Å². The van der Waals surface area contributed by atoms with E-state index in [-0.39, 0.29) is 34.3 Å². The Labute approximate surface area is 182 Å². The first-order valence-corrected chi connectivity index (χ1v) is 12.9. The van der Waals surface area contributed by atoms with Gasteiger partial charge in [0.15, 0.2) is 19.7 Å². The van der Waals surface area contributed by atoms with Crippen molar-refractivity contribution in [1.82, 2.24) is 5.32 Å². The number of carbonyl (C=O) groups is 1. The molecular weight excluding hydrogens is 442 g/mol. The number of fused-ring (bicyclic) bond motifs is 1. The van der Waals surface area contributed by atoms with E-state index in [9.17, 15) is 21.6 Å². The highest BCUT2D eigenvalue weighted by molar-refractivity contribution is 7.96. The summed E-state index contributed by atoms with van der Waals surface area (Å²) in [5.41, 5.74) is -0.376. The molecule has 1 N–H and O–H groups in total. The Morgan fingerprint density at radius 3 is 2.45 bits per heavy atom. The number of hydrogen-bond donors (Lipinski definition) is 1. The van der Waals surface area contributed by atoms with E-state index in [1.807, 2.05) is 0 Å². The summed E-state index contributed by atoms with van der Waals surface area (Å²) in [5, 5.41) is 1.37. The third kappa shape index (κ3) is 5.37. The predicted octanol–water partition coefficient (Wildman–Crippen LogP) is 2.89. The van der Waals surface area contributed by atoms with E-state index in [0.717, 1.165) is 0 Å². The van der Waals surface area contributed by atoms with Crippen molar-refractivity contribution in [2.75, 3.05) is 18.9 Å². The van der Waals surface area contributed by atoms with E-state index in [2.05, 4.69) is 5.32 Å². The third-order valence-corrected chi connectivity index (χ3v) is 8.63. The van der Waals surface area contributed by atoms with E-state index in [1.54, 1.807) is 39.0 Å². The second-order valence-electron chi connectivity index (χ2n) is 8.10. The molecule has 0 saturated carbocycles. The number of alkyl carbamates (subject to hydrolysis) is 1. The van der Waals surface area contributed by atoms with Crippen LogP contribution in [0, 0.1) is 0 Å². The lowest BCUT2D eigenvalue weighted by atomic mass is 10.1. The van der Waals surface area contributed by atoms with Crippen LogP contribution in [0.1, 0.15) is 31.6 Å². The van der Waals surface area contributed by atoms with Crippen molar-refractivity contribution in [3.8, 4) is 5.75 Å². The van der Waals surface area contributed by atoms with Crippen LogP contribution in [-0.2, 0) is 24.4 Å². The zero-order valence-corrected chi connectivity index (χ0v) is 19.1. The highest BCUT2D eigenvalue weighted by Gasteiger charge is 2.43. The van der Waals surface area contributed by atoms with Crippen molar-refractivity contribution in [3.05, 3.63) is 54.1 Å². The van der Waals surface area contributed by atoms with E-state index in [0.29, 0.717) is 0 Å². The minimum absolute atomic E-state index is 0.0467. The summed E-state index contributed by atoms with van der Waals surface area (Å²) in [7, 11) is -7.64. The molecule has 0 spiro atoms. The van der Waals surface area contributed by atoms with E-state index in [4.69, 9.17) is 9.47 Å². The molecule has 2 aromatic rings. The van der Waals surface area contributed by atoms with Crippen molar-refractivity contribution in [2.45, 2.75) is 41.4 Å². The van der Waals surface area contributed by atoms with Gasteiger partial charge < -0.3 is 14.8 Å². The molecule has 31 heavy (non-hydrogen) atoms. The van der Waals surface area contributed by atoms with E-state index in [1.165, 1.54) is 30.3 Å². The number of nitrogens with one attached hydrogen (secondary N) is 1. The lowest BCUT2D eigenvalue weighted by Gasteiger charge is -2.19. The van der Waals surface area contributed by atoms with Crippen LogP contribution < -0.4 is 10.1 Å². The number of hydrogen-bond acceptors (Lipinski definition) is 7. The molecule has 1 amide bonds. The van der Waals surface area contributed by atoms with Crippen molar-refractivity contribution in [1.29, 1.82) is 0 Å². The summed E-state index contributed by atoms with van der Waals surface area (Å²) >= 11 is 0. The minimum atomic E-state index is -3.86. The van der Waals surface area contributed by atoms with Gasteiger partial charge in [-0.25, -0.2) is 21.6 Å². The molecule has 8 nitrogen and oxygen atoms in total. The Kier molecular flexibility index (Phi) is 6.33. The molecule has 0 fully saturated rings. The van der Waals surface area contributed by atoms with Crippen molar-refractivity contribution in [3.63, 3.8) is 0 Å². The van der Waals surface area contributed by atoms with Gasteiger partial charge in [-0.2, -0.15) is 0 Å². The van der Waals surface area contributed by atoms with Gasteiger partial charge in [0.05, 0.1) is 22.1 Å². The number of sulfone groups is 2. The maximum Gasteiger partial charge on any atom is 0.407 e. The summed E-state index contributed by atoms with van der Waals surface area (Å²) in [6, 6.07) is 12.1. The molecule has 1 aliphatic heterocycles. The molecule has 1 unspecified atom stereocenters. The summed E-state index contributed by atoms with van der Waals surface area (Å²) in [4.78, 5) is 11.7. The largest absolute Gasteiger partial charge is 0.492 e. The topological polar surface area (TPSA) is 116 Å². The zero-order chi connectivity index (χ0) is 22.9. The van der Waals surface area contributed by atoms with Crippen molar-refractivity contribution in [2.24, 2.45) is 0 Å². The van der Waals surface area contributed by atoms with Gasteiger partial charge in [-0.15, -0.1) is 0 Å². The summed E-state index contributed by atoms with van der Waals surface area (Å²) in [6.45, 7) is 5.49. The Balaban J connectivity index is 1.72. The van der Waals surface area contributed by atoms with E-state index >= 15 is 0 Å². The standard InChI is InChI=1S/C21H25NO7S2/c1-21(2,3)29-20(23)22-11-12-28-15-9-10-17-18(13-15)30(24,25)14-19(17)31(26,27)16-7-5-4-6-8-16/h4-10,13,19H,11-12,14H2,1-3H3,(H,22,23). The first kappa shape index (κ1) is 23.1. The second-order valence-corrected chi connectivity index (χ2v) is 12.2. The van der Waals surface area contributed by atoms with Crippen LogP contribution in [0.5, 0.6) is 5.75 Å². The van der Waals surface area contributed by atoms with Gasteiger partial charge in [-0.1, -0.05) is 24.3 Å². The normalized spacial score (nSPS) is 17.6. The van der Waals surface area contributed by atoms with E-state index < -0.39 is 42.4 Å². The quantitative estimate of drug-likeness (QED) is 0.650. The summed E-state index contributed by atoms with van der Waals surface area (Å²) < 4.78 is 61.9. The lowest BCUT2D eigenvalue weighted by Crippen LogP contribution is -2.34. The van der Waals surface area contributed by atoms with Crippen LogP contribution in [0.15, 0.2) is 58.3 Å². The molecule has 0 aromatic heterocycles. The van der Waals surface area contributed by atoms with Crippen molar-refractivity contribution >= 4 is 25.8 Å². The lowest BCUT2D eigenvalue weighted by molar-refractivity contribution is 0.0520. The molecule has 1 aliphatic rings. The average molecular weight is 468 g/mol. The van der Waals surface area contributed by atoms with Crippen LogP contribution in [0.4, 0.5) is 4.79 Å². The smallest absolute Gasteiger partial charge is 0.407 e. The number of rotatable bonds is 6. The van der Waals surface area contributed by atoms with Gasteiger partial charge >= 0.3 is 6.09 Å². The molecule has 3 rings (SSSR count). The number of benzene rings is 2. The van der Waals surface area contributed by atoms with Crippen LogP contribution in [0.25, 0.3) is 0 Å². The van der Waals surface area contributed by atoms with Gasteiger partial charge in [0.2, 0.25) is 0 Å². The molecule has 0 radical (unpaired) electrons. The molecule has 0 aliphatic carbocycles. The number of carbonyl (C=O) groups excluding carboxylic acids is 1. The molecule has 1 heterocycles. The Morgan fingerprint density at radius 1 is 1.13 bits per heavy atom. The minimum Gasteiger partial charge on any atom is -0.492 e.